The number of hydrogen-bond donors (Lipinski definition) is 0. The maximum Gasteiger partial charge on any atom is 0.338 e. The molecule has 0 bridgehead atoms. The Morgan fingerprint density at radius 2 is 2.35 bits per heavy atom. The van der Waals surface area contributed by atoms with Crippen LogP contribution in [0.15, 0.2) is 29.8 Å². The Balaban J connectivity index is 2.12. The molecule has 0 spiro atoms. The van der Waals surface area contributed by atoms with Crippen LogP contribution in [-0.2, 0) is 11.3 Å². The third-order valence-corrected chi connectivity index (χ3v) is 3.89. The number of fused-ring (bicyclic) bond motifs is 1. The Kier molecular flexibility index (Phi) is 3.23. The normalized spacial score (nSPS) is 10.9. The number of aryl methyl sites for hydroxylation is 1. The largest absolute Gasteiger partial charge is 0.465 e. The first-order valence-corrected chi connectivity index (χ1v) is 7.01. The Morgan fingerprint density at radius 1 is 1.50 bits per heavy atom. The first kappa shape index (κ1) is 12.8. The van der Waals surface area contributed by atoms with Gasteiger partial charge in [-0.25, -0.2) is 14.5 Å². The molecule has 3 heterocycles. The highest BCUT2D eigenvalue weighted by Crippen LogP contribution is 2.20. The summed E-state index contributed by atoms with van der Waals surface area (Å²) < 4.78 is 6.62. The number of esters is 1. The van der Waals surface area contributed by atoms with E-state index < -0.39 is 0 Å². The molecule has 0 amide bonds. The number of ether oxygens (including phenoxy) is 1. The number of methoxy groups -OCH3 is 1. The van der Waals surface area contributed by atoms with E-state index in [0.29, 0.717) is 17.8 Å². The summed E-state index contributed by atoms with van der Waals surface area (Å²) in [5.41, 5.74) is 1.98. The van der Waals surface area contributed by atoms with Crippen molar-refractivity contribution in [3.63, 3.8) is 0 Å². The lowest BCUT2D eigenvalue weighted by molar-refractivity contribution is 0.0603. The van der Waals surface area contributed by atoms with Gasteiger partial charge in [0.05, 0.1) is 30.8 Å². The first-order valence-electron chi connectivity index (χ1n) is 6.13. The van der Waals surface area contributed by atoms with Crippen LogP contribution in [0.3, 0.4) is 0 Å². The third kappa shape index (κ3) is 2.18. The molecule has 0 unspecified atom stereocenters. The molecule has 5 nitrogen and oxygen atoms in total. The van der Waals surface area contributed by atoms with Crippen molar-refractivity contribution in [2.75, 3.05) is 7.11 Å². The molecule has 102 valence electrons. The van der Waals surface area contributed by atoms with Crippen LogP contribution in [-0.4, -0.2) is 27.8 Å². The maximum absolute atomic E-state index is 11.8. The minimum atomic E-state index is -0.365. The number of aromatic nitrogens is 3. The van der Waals surface area contributed by atoms with Crippen LogP contribution in [0.2, 0.25) is 0 Å². The van der Waals surface area contributed by atoms with E-state index in [1.54, 1.807) is 28.3 Å². The van der Waals surface area contributed by atoms with Gasteiger partial charge in [0.2, 0.25) is 0 Å². The van der Waals surface area contributed by atoms with Gasteiger partial charge in [-0.3, -0.25) is 0 Å². The maximum atomic E-state index is 11.8. The van der Waals surface area contributed by atoms with Gasteiger partial charge in [0, 0.05) is 10.6 Å². The smallest absolute Gasteiger partial charge is 0.338 e. The van der Waals surface area contributed by atoms with Gasteiger partial charge in [-0.2, -0.15) is 5.10 Å². The van der Waals surface area contributed by atoms with Crippen LogP contribution in [0.25, 0.3) is 11.0 Å². The van der Waals surface area contributed by atoms with Gasteiger partial charge >= 0.3 is 5.97 Å². The summed E-state index contributed by atoms with van der Waals surface area (Å²) in [6.07, 6.45) is 1.67. The summed E-state index contributed by atoms with van der Waals surface area (Å²) in [6, 6.07) is 5.78. The van der Waals surface area contributed by atoms with Crippen molar-refractivity contribution < 1.29 is 9.53 Å². The summed E-state index contributed by atoms with van der Waals surface area (Å²) in [5.74, 6) is -0.365. The average molecular weight is 287 g/mol. The van der Waals surface area contributed by atoms with E-state index in [4.69, 9.17) is 4.74 Å². The molecule has 0 saturated carbocycles. The second-order valence-electron chi connectivity index (χ2n) is 4.42. The summed E-state index contributed by atoms with van der Waals surface area (Å²) in [6.45, 7) is 2.51. The molecule has 3 aromatic rings. The van der Waals surface area contributed by atoms with Crippen LogP contribution in [0.5, 0.6) is 0 Å². The minimum Gasteiger partial charge on any atom is -0.465 e. The van der Waals surface area contributed by atoms with Crippen LogP contribution in [0, 0.1) is 6.92 Å². The molecule has 0 aliphatic rings. The predicted octanol–water partition coefficient (Wildman–Crippen LogP) is 2.64. The molecule has 0 N–H and O–H groups in total. The fourth-order valence-corrected chi connectivity index (χ4v) is 2.80. The monoisotopic (exact) mass is 287 g/mol. The fraction of sp³-hybridized carbons (Fsp3) is 0.214. The van der Waals surface area contributed by atoms with E-state index in [1.165, 1.54) is 12.0 Å². The van der Waals surface area contributed by atoms with Crippen molar-refractivity contribution in [1.29, 1.82) is 0 Å². The zero-order chi connectivity index (χ0) is 14.1. The van der Waals surface area contributed by atoms with Gasteiger partial charge in [-0.05, 0) is 24.4 Å². The van der Waals surface area contributed by atoms with Crippen LogP contribution < -0.4 is 0 Å². The summed E-state index contributed by atoms with van der Waals surface area (Å²) in [7, 11) is 1.38. The standard InChI is InChI=1S/C14H13N3O2S/c1-9-6-11(14(18)19-2)12-7-15-17(13(12)16-9)8-10-4-3-5-20-10/h3-7H,8H2,1-2H3. The van der Waals surface area contributed by atoms with Crippen molar-refractivity contribution >= 4 is 28.3 Å². The molecule has 0 aliphatic heterocycles. The lowest BCUT2D eigenvalue weighted by Gasteiger charge is -2.04. The number of rotatable bonds is 3. The second kappa shape index (κ2) is 5.05. The van der Waals surface area contributed by atoms with Gasteiger partial charge in [0.1, 0.15) is 0 Å². The van der Waals surface area contributed by atoms with E-state index in [9.17, 15) is 4.79 Å². The van der Waals surface area contributed by atoms with E-state index in [0.717, 1.165) is 11.1 Å². The molecule has 6 heteroatoms. The lowest BCUT2D eigenvalue weighted by Crippen LogP contribution is -2.05. The Hall–Kier alpha value is -2.21. The second-order valence-corrected chi connectivity index (χ2v) is 5.45. The molecular formula is C14H13N3O2S. The fourth-order valence-electron chi connectivity index (χ4n) is 2.12. The van der Waals surface area contributed by atoms with E-state index in [2.05, 4.69) is 16.1 Å². The molecule has 0 aliphatic carbocycles. The molecule has 0 aromatic carbocycles. The number of hydrogen-bond acceptors (Lipinski definition) is 5. The SMILES string of the molecule is COC(=O)c1cc(C)nc2c1cnn2Cc1cccs1. The molecule has 0 saturated heterocycles. The Labute approximate surface area is 119 Å². The van der Waals surface area contributed by atoms with Gasteiger partial charge < -0.3 is 4.74 Å². The van der Waals surface area contributed by atoms with Crippen LogP contribution in [0.4, 0.5) is 0 Å². The minimum absolute atomic E-state index is 0.365. The molecule has 20 heavy (non-hydrogen) atoms. The quantitative estimate of drug-likeness (QED) is 0.695. The number of nitrogens with zero attached hydrogens (tertiary/aromatic N) is 3. The lowest BCUT2D eigenvalue weighted by atomic mass is 10.1. The zero-order valence-corrected chi connectivity index (χ0v) is 12.0. The summed E-state index contributed by atoms with van der Waals surface area (Å²) >= 11 is 1.67. The molecule has 3 rings (SSSR count). The first-order chi connectivity index (χ1) is 9.69. The highest BCUT2D eigenvalue weighted by molar-refractivity contribution is 7.09. The number of carbonyl (C=O) groups excluding carboxylic acids is 1. The van der Waals surface area contributed by atoms with E-state index in [-0.39, 0.29) is 5.97 Å². The number of thiophene rings is 1. The summed E-state index contributed by atoms with van der Waals surface area (Å²) in [5, 5.41) is 7.09. The molecule has 0 atom stereocenters. The average Bonchev–Trinajstić information content (AvgIpc) is 3.08. The molecule has 0 radical (unpaired) electrons. The molecule has 3 aromatic heterocycles. The van der Waals surface area contributed by atoms with Gasteiger partial charge in [-0.1, -0.05) is 6.07 Å². The molecular weight excluding hydrogens is 274 g/mol. The number of carbonyl (C=O) groups is 1. The van der Waals surface area contributed by atoms with Crippen LogP contribution >= 0.6 is 11.3 Å². The van der Waals surface area contributed by atoms with E-state index >= 15 is 0 Å². The topological polar surface area (TPSA) is 57.0 Å². The van der Waals surface area contributed by atoms with Crippen molar-refractivity contribution in [2.45, 2.75) is 13.5 Å². The van der Waals surface area contributed by atoms with Crippen molar-refractivity contribution in [2.24, 2.45) is 0 Å². The van der Waals surface area contributed by atoms with Gasteiger partial charge in [0.15, 0.2) is 5.65 Å². The Morgan fingerprint density at radius 3 is 3.05 bits per heavy atom. The van der Waals surface area contributed by atoms with E-state index in [1.807, 2.05) is 18.4 Å². The van der Waals surface area contributed by atoms with Crippen molar-refractivity contribution in [1.82, 2.24) is 14.8 Å². The van der Waals surface area contributed by atoms with Gasteiger partial charge in [0.25, 0.3) is 0 Å². The zero-order valence-electron chi connectivity index (χ0n) is 11.2. The predicted molar refractivity (Wildman–Crippen MR) is 77.0 cm³/mol. The third-order valence-electron chi connectivity index (χ3n) is 3.03. The summed E-state index contributed by atoms with van der Waals surface area (Å²) in [4.78, 5) is 17.5. The highest BCUT2D eigenvalue weighted by Gasteiger charge is 2.16. The Bertz CT molecular complexity index is 762. The highest BCUT2D eigenvalue weighted by atomic mass is 32.1. The van der Waals surface area contributed by atoms with Crippen LogP contribution in [0.1, 0.15) is 20.9 Å². The van der Waals surface area contributed by atoms with Crippen molar-refractivity contribution in [3.05, 3.63) is 45.9 Å². The van der Waals surface area contributed by atoms with Crippen molar-refractivity contribution in [3.8, 4) is 0 Å². The molecule has 0 fully saturated rings. The number of pyridine rings is 1. The van der Waals surface area contributed by atoms with Gasteiger partial charge in [-0.15, -0.1) is 11.3 Å².